The fourth-order valence-corrected chi connectivity index (χ4v) is 0.583. The van der Waals surface area contributed by atoms with E-state index in [0.717, 1.165) is 0 Å². The summed E-state index contributed by atoms with van der Waals surface area (Å²) in [5.74, 6) is 2.06. The van der Waals surface area contributed by atoms with E-state index in [2.05, 4.69) is 19.6 Å². The van der Waals surface area contributed by atoms with Crippen molar-refractivity contribution in [2.24, 2.45) is 0 Å². The van der Waals surface area contributed by atoms with Gasteiger partial charge in [0.2, 0.25) is 0 Å². The summed E-state index contributed by atoms with van der Waals surface area (Å²) in [6, 6.07) is 0. The minimum Gasteiger partial charge on any atom is -0.432 e. The average Bonchev–Trinajstić information content (AvgIpc) is 2.08. The van der Waals surface area contributed by atoms with Crippen molar-refractivity contribution in [1.29, 1.82) is 0 Å². The third-order valence-electron chi connectivity index (χ3n) is 0.761. The van der Waals surface area contributed by atoms with Gasteiger partial charge in [0.05, 0.1) is 0 Å². The highest BCUT2D eigenvalue weighted by Gasteiger charge is 2.02. The summed E-state index contributed by atoms with van der Waals surface area (Å²) in [7, 11) is 0. The third kappa shape index (κ3) is 8.81. The molecule has 0 heterocycles. The molecule has 0 saturated heterocycles. The van der Waals surface area contributed by atoms with Gasteiger partial charge >= 0.3 is 17.5 Å². The van der Waals surface area contributed by atoms with Crippen LogP contribution in [0.15, 0.2) is 0 Å². The molecule has 0 bridgehead atoms. The van der Waals surface area contributed by atoms with Gasteiger partial charge in [-0.15, -0.1) is 6.42 Å². The van der Waals surface area contributed by atoms with Gasteiger partial charge in [-0.3, -0.25) is 8.74 Å². The van der Waals surface area contributed by atoms with Crippen LogP contribution < -0.4 is 0 Å². The van der Waals surface area contributed by atoms with Crippen LogP contribution in [0.25, 0.3) is 0 Å². The molecule has 0 aromatic carbocycles. The summed E-state index contributed by atoms with van der Waals surface area (Å²) in [6.45, 7) is -0.532. The van der Waals surface area contributed by atoms with Crippen molar-refractivity contribution in [2.45, 2.75) is 0 Å². The predicted molar refractivity (Wildman–Crippen MR) is 42.9 cm³/mol. The van der Waals surface area contributed by atoms with Gasteiger partial charge in [-0.1, -0.05) is 5.92 Å². The smallest absolute Gasteiger partial charge is 0.432 e. The van der Waals surface area contributed by atoms with E-state index in [1.54, 1.807) is 0 Å². The Bertz CT molecular complexity index is 220. The van der Waals surface area contributed by atoms with Crippen molar-refractivity contribution >= 4 is 17.5 Å². The molecular formula is C6H8O6S. The highest BCUT2D eigenvalue weighted by atomic mass is 32.2. The van der Waals surface area contributed by atoms with Crippen LogP contribution in [0, 0.1) is 12.3 Å². The molecule has 0 aliphatic heterocycles. The lowest BCUT2D eigenvalue weighted by atomic mass is 10.7. The molecule has 74 valence electrons. The second kappa shape index (κ2) is 7.54. The summed E-state index contributed by atoms with van der Waals surface area (Å²) in [4.78, 5) is 10.5. The quantitative estimate of drug-likeness (QED) is 0.294. The highest BCUT2D eigenvalue weighted by molar-refractivity contribution is 7.74. The maximum atomic E-state index is 10.5. The van der Waals surface area contributed by atoms with Gasteiger partial charge in [-0.2, -0.15) is 4.21 Å². The van der Waals surface area contributed by atoms with Crippen LogP contribution in [0.3, 0.4) is 0 Å². The first-order chi connectivity index (χ1) is 6.16. The Hall–Kier alpha value is -1.10. The fraction of sp³-hybridized carbons (Fsp3) is 0.500. The van der Waals surface area contributed by atoms with E-state index >= 15 is 0 Å². The molecule has 0 aliphatic carbocycles. The lowest BCUT2D eigenvalue weighted by Crippen LogP contribution is -2.12. The van der Waals surface area contributed by atoms with Gasteiger partial charge in [0, 0.05) is 0 Å². The fourth-order valence-electron chi connectivity index (χ4n) is 0.373. The Morgan fingerprint density at radius 1 is 1.46 bits per heavy atom. The number of hydrogen-bond acceptors (Lipinski definition) is 5. The van der Waals surface area contributed by atoms with Gasteiger partial charge in [0.1, 0.15) is 13.2 Å². The zero-order chi connectivity index (χ0) is 10.1. The molecule has 0 rings (SSSR count). The summed E-state index contributed by atoms with van der Waals surface area (Å²) in [6.07, 6.45) is 3.85. The molecule has 6 nitrogen and oxygen atoms in total. The topological polar surface area (TPSA) is 82.1 Å². The molecule has 0 spiro atoms. The summed E-state index contributed by atoms with van der Waals surface area (Å²) in [5.41, 5.74) is 0. The third-order valence-corrected chi connectivity index (χ3v) is 1.13. The second-order valence-electron chi connectivity index (χ2n) is 1.63. The van der Waals surface area contributed by atoms with Crippen molar-refractivity contribution in [2.75, 3.05) is 19.8 Å². The van der Waals surface area contributed by atoms with Crippen LogP contribution in [0.5, 0.6) is 0 Å². The SMILES string of the molecule is C#CCOC(=O)OCCOS(=O)O. The molecule has 1 N–H and O–H groups in total. The van der Waals surface area contributed by atoms with Crippen LogP contribution in [0.4, 0.5) is 4.79 Å². The van der Waals surface area contributed by atoms with E-state index < -0.39 is 17.5 Å². The van der Waals surface area contributed by atoms with E-state index in [4.69, 9.17) is 11.0 Å². The Labute approximate surface area is 77.7 Å². The van der Waals surface area contributed by atoms with Crippen LogP contribution >= 0.6 is 0 Å². The molecule has 0 amide bonds. The molecule has 0 aromatic rings. The molecule has 13 heavy (non-hydrogen) atoms. The number of carbonyl (C=O) groups is 1. The summed E-state index contributed by atoms with van der Waals surface area (Å²) >= 11 is -2.35. The first-order valence-electron chi connectivity index (χ1n) is 3.14. The molecule has 0 radical (unpaired) electrons. The standard InChI is InChI=1S/C6H8O6S/c1-2-3-10-6(7)11-4-5-12-13(8)9/h1H,3-5H2,(H,8,9). The predicted octanol–water partition coefficient (Wildman–Crippen LogP) is -0.0739. The Balaban J connectivity index is 3.28. The zero-order valence-electron chi connectivity index (χ0n) is 6.60. The Kier molecular flexibility index (Phi) is 6.91. The van der Waals surface area contributed by atoms with E-state index in [9.17, 15) is 9.00 Å². The van der Waals surface area contributed by atoms with E-state index in [1.807, 2.05) is 0 Å². The van der Waals surface area contributed by atoms with Crippen LogP contribution in [0.1, 0.15) is 0 Å². The largest absolute Gasteiger partial charge is 0.509 e. The molecular weight excluding hydrogens is 200 g/mol. The van der Waals surface area contributed by atoms with Crippen molar-refractivity contribution in [1.82, 2.24) is 0 Å². The van der Waals surface area contributed by atoms with Gasteiger partial charge in [-0.25, -0.2) is 4.79 Å². The van der Waals surface area contributed by atoms with Crippen LogP contribution in [-0.4, -0.2) is 34.7 Å². The molecule has 1 atom stereocenters. The average molecular weight is 208 g/mol. The molecule has 0 fully saturated rings. The maximum Gasteiger partial charge on any atom is 0.509 e. The number of carbonyl (C=O) groups excluding carboxylic acids is 1. The van der Waals surface area contributed by atoms with Crippen molar-refractivity contribution in [3.8, 4) is 12.3 Å². The van der Waals surface area contributed by atoms with Crippen molar-refractivity contribution in [3.63, 3.8) is 0 Å². The lowest BCUT2D eigenvalue weighted by molar-refractivity contribution is 0.0547. The number of ether oxygens (including phenoxy) is 2. The van der Waals surface area contributed by atoms with Gasteiger partial charge in [0.15, 0.2) is 6.61 Å². The van der Waals surface area contributed by atoms with Crippen LogP contribution in [0.2, 0.25) is 0 Å². The molecule has 0 aliphatic rings. The van der Waals surface area contributed by atoms with Gasteiger partial charge < -0.3 is 9.47 Å². The van der Waals surface area contributed by atoms with Crippen molar-refractivity contribution in [3.05, 3.63) is 0 Å². The van der Waals surface area contributed by atoms with Gasteiger partial charge in [-0.05, 0) is 0 Å². The minimum absolute atomic E-state index is 0.171. The minimum atomic E-state index is -2.35. The normalized spacial score (nSPS) is 11.4. The maximum absolute atomic E-state index is 10.5. The number of hydrogen-bond donors (Lipinski definition) is 1. The lowest BCUT2D eigenvalue weighted by Gasteiger charge is -2.02. The number of rotatable bonds is 5. The van der Waals surface area contributed by atoms with Crippen LogP contribution in [-0.2, 0) is 25.0 Å². The van der Waals surface area contributed by atoms with E-state index in [1.165, 1.54) is 0 Å². The first-order valence-corrected chi connectivity index (χ1v) is 4.17. The molecule has 0 saturated carbocycles. The summed E-state index contributed by atoms with van der Waals surface area (Å²) < 4.78 is 30.8. The number of terminal acetylenes is 1. The monoisotopic (exact) mass is 208 g/mol. The highest BCUT2D eigenvalue weighted by Crippen LogP contribution is 1.86. The molecule has 1 unspecified atom stereocenters. The Morgan fingerprint density at radius 2 is 2.15 bits per heavy atom. The van der Waals surface area contributed by atoms with E-state index in [0.29, 0.717) is 0 Å². The zero-order valence-corrected chi connectivity index (χ0v) is 7.41. The van der Waals surface area contributed by atoms with E-state index in [-0.39, 0.29) is 19.8 Å². The molecule has 0 aromatic heterocycles. The summed E-state index contributed by atoms with van der Waals surface area (Å²) in [5, 5.41) is 0. The Morgan fingerprint density at radius 3 is 2.69 bits per heavy atom. The second-order valence-corrected chi connectivity index (χ2v) is 2.30. The van der Waals surface area contributed by atoms with Gasteiger partial charge in [0.25, 0.3) is 0 Å². The van der Waals surface area contributed by atoms with Crippen molar-refractivity contribution < 1.29 is 27.2 Å². The molecule has 7 heteroatoms. The first kappa shape index (κ1) is 11.9.